The molecule has 3 rings (SSSR count). The van der Waals surface area contributed by atoms with E-state index in [-0.39, 0.29) is 17.7 Å². The number of hydrogen-bond donors (Lipinski definition) is 0. The Balaban J connectivity index is 1.74. The van der Waals surface area contributed by atoms with Crippen molar-refractivity contribution in [2.45, 2.75) is 25.9 Å². The summed E-state index contributed by atoms with van der Waals surface area (Å²) in [6.07, 6.45) is 0.130. The predicted octanol–water partition coefficient (Wildman–Crippen LogP) is 2.36. The third-order valence-corrected chi connectivity index (χ3v) is 4.29. The van der Waals surface area contributed by atoms with Crippen LogP contribution in [0, 0.1) is 5.82 Å². The van der Waals surface area contributed by atoms with E-state index in [0.29, 0.717) is 57.1 Å². The Morgan fingerprint density at radius 3 is 2.79 bits per heavy atom. The fraction of sp³-hybridized carbons (Fsp3) is 0.529. The molecule has 1 aromatic rings. The van der Waals surface area contributed by atoms with Crippen LogP contribution >= 0.6 is 0 Å². The van der Waals surface area contributed by atoms with Gasteiger partial charge in [0.2, 0.25) is 0 Å². The van der Waals surface area contributed by atoms with Crippen molar-refractivity contribution >= 4 is 23.3 Å². The van der Waals surface area contributed by atoms with Gasteiger partial charge in [-0.1, -0.05) is 0 Å². The van der Waals surface area contributed by atoms with E-state index < -0.39 is 6.09 Å². The third-order valence-electron chi connectivity index (χ3n) is 4.29. The van der Waals surface area contributed by atoms with E-state index in [9.17, 15) is 14.0 Å². The zero-order chi connectivity index (χ0) is 17.1. The number of ether oxygens (including phenoxy) is 2. The van der Waals surface area contributed by atoms with Crippen LogP contribution in [0.1, 0.15) is 19.8 Å². The highest BCUT2D eigenvalue weighted by Gasteiger charge is 2.32. The Morgan fingerprint density at radius 1 is 1.33 bits per heavy atom. The second kappa shape index (κ2) is 7.17. The van der Waals surface area contributed by atoms with Crippen molar-refractivity contribution in [3.63, 3.8) is 0 Å². The van der Waals surface area contributed by atoms with Crippen LogP contribution in [0.15, 0.2) is 18.2 Å². The maximum absolute atomic E-state index is 14.2. The molecule has 1 amide bonds. The third kappa shape index (κ3) is 3.67. The molecule has 0 aliphatic carbocycles. The number of amides is 1. The number of halogens is 1. The quantitative estimate of drug-likeness (QED) is 0.826. The van der Waals surface area contributed by atoms with Gasteiger partial charge in [-0.05, 0) is 31.5 Å². The molecular weight excluding hydrogens is 315 g/mol. The number of morpholine rings is 1. The van der Waals surface area contributed by atoms with Gasteiger partial charge in [-0.15, -0.1) is 0 Å². The molecule has 0 radical (unpaired) electrons. The van der Waals surface area contributed by atoms with Gasteiger partial charge in [-0.2, -0.15) is 0 Å². The normalized spacial score (nSPS) is 21.1. The molecule has 0 spiro atoms. The minimum atomic E-state index is -0.455. The minimum absolute atomic E-state index is 0.0703. The molecule has 0 unspecified atom stereocenters. The summed E-state index contributed by atoms with van der Waals surface area (Å²) >= 11 is 0. The molecule has 2 saturated heterocycles. The number of ketones is 1. The first-order chi connectivity index (χ1) is 11.5. The maximum atomic E-state index is 14.2. The van der Waals surface area contributed by atoms with Crippen LogP contribution in [-0.2, 0) is 14.3 Å². The number of anilines is 2. The van der Waals surface area contributed by atoms with Gasteiger partial charge in [0.05, 0.1) is 25.4 Å². The van der Waals surface area contributed by atoms with Gasteiger partial charge >= 0.3 is 6.09 Å². The predicted molar refractivity (Wildman–Crippen MR) is 87.0 cm³/mol. The molecule has 2 fully saturated rings. The van der Waals surface area contributed by atoms with Crippen molar-refractivity contribution in [3.8, 4) is 0 Å². The molecule has 0 N–H and O–H groups in total. The van der Waals surface area contributed by atoms with Crippen molar-refractivity contribution in [3.05, 3.63) is 24.0 Å². The fourth-order valence-corrected chi connectivity index (χ4v) is 2.96. The smallest absolute Gasteiger partial charge is 0.414 e. The number of hydrogen-bond acceptors (Lipinski definition) is 5. The molecule has 7 heteroatoms. The number of carbonyl (C=O) groups excluding carboxylic acids is 2. The molecule has 2 aliphatic heterocycles. The van der Waals surface area contributed by atoms with Crippen molar-refractivity contribution in [2.75, 3.05) is 42.6 Å². The summed E-state index contributed by atoms with van der Waals surface area (Å²) in [4.78, 5) is 26.6. The van der Waals surface area contributed by atoms with Crippen LogP contribution in [-0.4, -0.2) is 50.8 Å². The number of nitrogens with zero attached hydrogens (tertiary/aromatic N) is 2. The van der Waals surface area contributed by atoms with Gasteiger partial charge < -0.3 is 19.2 Å². The molecule has 2 aliphatic rings. The van der Waals surface area contributed by atoms with Gasteiger partial charge in [0, 0.05) is 25.2 Å². The lowest BCUT2D eigenvalue weighted by molar-refractivity contribution is -0.117. The van der Waals surface area contributed by atoms with Crippen LogP contribution in [0.3, 0.4) is 0 Å². The van der Waals surface area contributed by atoms with Gasteiger partial charge in [0.15, 0.2) is 0 Å². The summed E-state index contributed by atoms with van der Waals surface area (Å²) in [5.74, 6) is -0.248. The highest BCUT2D eigenvalue weighted by Crippen LogP contribution is 2.30. The van der Waals surface area contributed by atoms with E-state index in [4.69, 9.17) is 9.47 Å². The Bertz CT molecular complexity index is 631. The lowest BCUT2D eigenvalue weighted by Gasteiger charge is -2.29. The summed E-state index contributed by atoms with van der Waals surface area (Å²) in [5, 5.41) is 0. The lowest BCUT2D eigenvalue weighted by atomic mass is 10.1. The Kier molecular flexibility index (Phi) is 4.99. The molecule has 24 heavy (non-hydrogen) atoms. The summed E-state index contributed by atoms with van der Waals surface area (Å²) in [6, 6.07) is 4.62. The van der Waals surface area contributed by atoms with Crippen LogP contribution in [0.5, 0.6) is 0 Å². The monoisotopic (exact) mass is 336 g/mol. The Labute approximate surface area is 140 Å². The number of carbonyl (C=O) groups is 2. The molecule has 1 atom stereocenters. The van der Waals surface area contributed by atoms with Crippen molar-refractivity contribution in [1.29, 1.82) is 0 Å². The van der Waals surface area contributed by atoms with Crippen molar-refractivity contribution in [1.82, 2.24) is 0 Å². The van der Waals surface area contributed by atoms with Gasteiger partial charge in [-0.25, -0.2) is 9.18 Å². The number of rotatable bonds is 5. The number of cyclic esters (lactones) is 1. The van der Waals surface area contributed by atoms with Crippen LogP contribution < -0.4 is 9.80 Å². The lowest BCUT2D eigenvalue weighted by Crippen LogP contribution is -2.37. The molecule has 130 valence electrons. The SMILES string of the molecule is CC(=O)CC[C@H]1CN(c2ccc(F)c(N3CCOCC3)c2)C(=O)O1. The van der Waals surface area contributed by atoms with Gasteiger partial charge in [0.25, 0.3) is 0 Å². The Morgan fingerprint density at radius 2 is 2.08 bits per heavy atom. The van der Waals surface area contributed by atoms with Crippen LogP contribution in [0.4, 0.5) is 20.6 Å². The summed E-state index contributed by atoms with van der Waals surface area (Å²) < 4.78 is 24.8. The van der Waals surface area contributed by atoms with Crippen LogP contribution in [0.2, 0.25) is 0 Å². The van der Waals surface area contributed by atoms with Gasteiger partial charge in [-0.3, -0.25) is 4.90 Å². The first-order valence-corrected chi connectivity index (χ1v) is 8.14. The zero-order valence-electron chi connectivity index (χ0n) is 13.7. The van der Waals surface area contributed by atoms with Gasteiger partial charge in [0.1, 0.15) is 17.7 Å². The first kappa shape index (κ1) is 16.7. The summed E-state index contributed by atoms with van der Waals surface area (Å²) in [5.41, 5.74) is 1.07. The van der Waals surface area contributed by atoms with Crippen LogP contribution in [0.25, 0.3) is 0 Å². The van der Waals surface area contributed by atoms with E-state index >= 15 is 0 Å². The van der Waals surface area contributed by atoms with Crippen molar-refractivity contribution in [2.24, 2.45) is 0 Å². The highest BCUT2D eigenvalue weighted by molar-refractivity contribution is 5.90. The minimum Gasteiger partial charge on any atom is -0.444 e. The van der Waals surface area contributed by atoms with E-state index in [2.05, 4.69) is 0 Å². The molecular formula is C17H21FN2O4. The molecule has 0 bridgehead atoms. The summed E-state index contributed by atoms with van der Waals surface area (Å²) in [6.45, 7) is 4.24. The van der Waals surface area contributed by atoms with E-state index in [1.807, 2.05) is 4.90 Å². The van der Waals surface area contributed by atoms with Crippen molar-refractivity contribution < 1.29 is 23.5 Å². The topological polar surface area (TPSA) is 59.1 Å². The number of benzene rings is 1. The van der Waals surface area contributed by atoms with E-state index in [1.54, 1.807) is 12.1 Å². The maximum Gasteiger partial charge on any atom is 0.414 e. The first-order valence-electron chi connectivity index (χ1n) is 8.14. The largest absolute Gasteiger partial charge is 0.444 e. The number of Topliss-reactive ketones (excluding diaryl/α,β-unsaturated/α-hetero) is 1. The second-order valence-electron chi connectivity index (χ2n) is 6.09. The second-order valence-corrected chi connectivity index (χ2v) is 6.09. The molecule has 1 aromatic carbocycles. The van der Waals surface area contributed by atoms with E-state index in [0.717, 1.165) is 0 Å². The average Bonchev–Trinajstić information content (AvgIpc) is 2.95. The zero-order valence-corrected chi connectivity index (χ0v) is 13.7. The molecule has 2 heterocycles. The molecule has 0 saturated carbocycles. The summed E-state index contributed by atoms with van der Waals surface area (Å²) in [7, 11) is 0. The fourth-order valence-electron chi connectivity index (χ4n) is 2.96. The molecule has 6 nitrogen and oxygen atoms in total. The van der Waals surface area contributed by atoms with E-state index in [1.165, 1.54) is 17.9 Å². The standard InChI is InChI=1S/C17H21FN2O4/c1-12(21)2-4-14-11-20(17(22)24-14)13-3-5-15(18)16(10-13)19-6-8-23-9-7-19/h3,5,10,14H,2,4,6-9,11H2,1H3/t14-/m0/s1. The Hall–Kier alpha value is -2.15. The highest BCUT2D eigenvalue weighted by atomic mass is 19.1. The average molecular weight is 336 g/mol. The molecule has 0 aromatic heterocycles.